The van der Waals surface area contributed by atoms with Crippen molar-refractivity contribution in [1.82, 2.24) is 40.1 Å². The van der Waals surface area contributed by atoms with Crippen LogP contribution in [0, 0.1) is 20.8 Å². The molecule has 2 aromatic carbocycles. The number of imide groups is 1. The van der Waals surface area contributed by atoms with Crippen LogP contribution >= 0.6 is 0 Å². The molecular weight excluding hydrogens is 763 g/mol. The van der Waals surface area contributed by atoms with E-state index in [0.29, 0.717) is 48.0 Å². The first-order chi connectivity index (χ1) is 29.0. The number of benzene rings is 2. The number of nitrogens with zero attached hydrogens (tertiary/aromatic N) is 6. The van der Waals surface area contributed by atoms with Gasteiger partial charge in [0.15, 0.2) is 5.78 Å². The van der Waals surface area contributed by atoms with Crippen molar-refractivity contribution in [3.05, 3.63) is 81.6 Å². The highest BCUT2D eigenvalue weighted by molar-refractivity contribution is 6.24. The summed E-state index contributed by atoms with van der Waals surface area (Å²) in [6, 6.07) is 10.6. The Hall–Kier alpha value is -6.51. The summed E-state index contributed by atoms with van der Waals surface area (Å²) in [5.74, 6) is 0.708. The summed E-state index contributed by atoms with van der Waals surface area (Å²) in [7, 11) is 0. The number of anilines is 2. The maximum Gasteiger partial charge on any atom is 0.289 e. The zero-order chi connectivity index (χ0) is 41.8. The minimum Gasteiger partial charge on any atom is -0.361 e. The lowest BCUT2D eigenvalue weighted by Crippen LogP contribution is -2.47. The fraction of sp³-hybridized carbons (Fsp3) is 0.400. The van der Waals surface area contributed by atoms with Gasteiger partial charge in [0.1, 0.15) is 28.8 Å². The maximum atomic E-state index is 13.7. The molecule has 1 atom stereocenters. The van der Waals surface area contributed by atoms with Crippen molar-refractivity contribution < 1.29 is 28.5 Å². The second-order valence-corrected chi connectivity index (χ2v) is 16.3. The molecule has 2 aliphatic carbocycles. The first-order valence-corrected chi connectivity index (χ1v) is 20.9. The number of aromatic nitrogens is 6. The van der Waals surface area contributed by atoms with E-state index in [1.807, 2.05) is 31.5 Å². The highest BCUT2D eigenvalue weighted by Gasteiger charge is 2.45. The number of H-pyrrole nitrogens is 1. The number of carbonyl (C=O) groups excluding carboxylic acids is 5. The molecule has 0 radical (unpaired) electrons. The van der Waals surface area contributed by atoms with Gasteiger partial charge in [-0.3, -0.25) is 28.9 Å². The van der Waals surface area contributed by atoms with E-state index in [2.05, 4.69) is 45.9 Å². The van der Waals surface area contributed by atoms with Crippen LogP contribution in [0.1, 0.15) is 130 Å². The van der Waals surface area contributed by atoms with E-state index >= 15 is 0 Å². The molecule has 15 heteroatoms. The van der Waals surface area contributed by atoms with Crippen molar-refractivity contribution in [3.63, 3.8) is 0 Å². The summed E-state index contributed by atoms with van der Waals surface area (Å²) in [5, 5.41) is 17.2. The lowest BCUT2D eigenvalue weighted by atomic mass is 9.92. The molecule has 4 aromatic heterocycles. The number of amides is 3. The van der Waals surface area contributed by atoms with Gasteiger partial charge in [0, 0.05) is 48.0 Å². The van der Waals surface area contributed by atoms with Crippen LogP contribution in [-0.2, 0) is 22.6 Å². The zero-order valence-corrected chi connectivity index (χ0v) is 34.2. The Bertz CT molecular complexity index is 2740. The molecule has 308 valence electrons. The number of rotatable bonds is 14. The van der Waals surface area contributed by atoms with Gasteiger partial charge in [-0.25, -0.2) is 14.6 Å². The number of Topliss-reactive ketones (excluding diaryl/α,β-unsaturated/α-hetero) is 2. The van der Waals surface area contributed by atoms with Crippen LogP contribution in [-0.4, -0.2) is 76.7 Å². The fourth-order valence-corrected chi connectivity index (χ4v) is 8.83. The highest BCUT2D eigenvalue weighted by Crippen LogP contribution is 2.42. The van der Waals surface area contributed by atoms with Crippen LogP contribution in [0.15, 0.2) is 40.9 Å². The molecule has 2 saturated carbocycles. The summed E-state index contributed by atoms with van der Waals surface area (Å²) >= 11 is 0. The maximum absolute atomic E-state index is 13.7. The predicted octanol–water partition coefficient (Wildman–Crippen LogP) is 7.35. The summed E-state index contributed by atoms with van der Waals surface area (Å²) in [5.41, 5.74) is 7.67. The molecule has 60 heavy (non-hydrogen) atoms. The van der Waals surface area contributed by atoms with Crippen LogP contribution in [0.2, 0.25) is 0 Å². The number of hydrogen-bond donors (Lipinski definition) is 3. The molecule has 3 N–H and O–H groups in total. The van der Waals surface area contributed by atoms with Crippen LogP contribution in [0.25, 0.3) is 33.1 Å². The van der Waals surface area contributed by atoms with E-state index in [1.54, 1.807) is 12.1 Å². The van der Waals surface area contributed by atoms with E-state index in [-0.39, 0.29) is 42.6 Å². The van der Waals surface area contributed by atoms with Gasteiger partial charge in [0.2, 0.25) is 5.82 Å². The van der Waals surface area contributed by atoms with Gasteiger partial charge < -0.3 is 20.1 Å². The number of aryl methyl sites for hydroxylation is 5. The molecule has 2 fully saturated rings. The minimum absolute atomic E-state index is 0.0388. The topological polar surface area (TPSA) is 198 Å². The van der Waals surface area contributed by atoms with Gasteiger partial charge in [-0.05, 0) is 101 Å². The van der Waals surface area contributed by atoms with Gasteiger partial charge in [-0.15, -0.1) is 0 Å². The molecule has 9 rings (SSSR count). The van der Waals surface area contributed by atoms with Crippen LogP contribution in [0.3, 0.4) is 0 Å². The number of ketones is 2. The number of aromatic amines is 1. The first kappa shape index (κ1) is 39.0. The van der Waals surface area contributed by atoms with Crippen molar-refractivity contribution >= 4 is 62.9 Å². The molecule has 1 unspecified atom stereocenters. The van der Waals surface area contributed by atoms with Crippen LogP contribution < -0.4 is 10.6 Å². The SMILES string of the molecule is CCn1nc(C2CC2)cc1Nc1nc(C(=O)NCCCCCCc2cccc3c2C(=O)N(C2CCC(=O)CC2=O)C3=O)nc2[nH]c3cc(-c4c(C)noc4C)c(C)cc3c12. The Labute approximate surface area is 345 Å². The normalized spacial score (nSPS) is 16.7. The van der Waals surface area contributed by atoms with Crippen molar-refractivity contribution in [2.75, 3.05) is 11.9 Å². The summed E-state index contributed by atoms with van der Waals surface area (Å²) in [4.78, 5) is 78.9. The Morgan fingerprint density at radius 2 is 1.75 bits per heavy atom. The molecule has 0 bridgehead atoms. The Morgan fingerprint density at radius 3 is 2.50 bits per heavy atom. The quantitative estimate of drug-likeness (QED) is 0.0565. The minimum atomic E-state index is -0.890. The molecule has 0 saturated heterocycles. The third-order valence-electron chi connectivity index (χ3n) is 12.1. The number of hydrogen-bond acceptors (Lipinski definition) is 11. The highest BCUT2D eigenvalue weighted by atomic mass is 16.5. The van der Waals surface area contributed by atoms with Crippen molar-refractivity contribution in [2.24, 2.45) is 0 Å². The average molecular weight is 810 g/mol. The Balaban J connectivity index is 0.882. The fourth-order valence-electron chi connectivity index (χ4n) is 8.83. The van der Waals surface area contributed by atoms with Crippen LogP contribution in [0.4, 0.5) is 11.6 Å². The Morgan fingerprint density at radius 1 is 0.933 bits per heavy atom. The lowest BCUT2D eigenvalue weighted by Gasteiger charge is -2.27. The molecule has 1 aliphatic heterocycles. The molecule has 0 spiro atoms. The molecule has 6 aromatic rings. The second-order valence-electron chi connectivity index (χ2n) is 16.3. The summed E-state index contributed by atoms with van der Waals surface area (Å²) in [6.45, 7) is 9.02. The summed E-state index contributed by atoms with van der Waals surface area (Å²) < 4.78 is 7.42. The van der Waals surface area contributed by atoms with E-state index in [1.165, 1.54) is 0 Å². The molecule has 3 amide bonds. The predicted molar refractivity (Wildman–Crippen MR) is 223 cm³/mol. The molecule has 15 nitrogen and oxygen atoms in total. The molecule has 3 aliphatic rings. The Kier molecular flexibility index (Phi) is 10.1. The number of fused-ring (bicyclic) bond motifs is 4. The third-order valence-corrected chi connectivity index (χ3v) is 12.1. The van der Waals surface area contributed by atoms with Crippen molar-refractivity contribution in [2.45, 2.75) is 110 Å². The van der Waals surface area contributed by atoms with Gasteiger partial charge in [0.25, 0.3) is 17.7 Å². The van der Waals surface area contributed by atoms with Gasteiger partial charge >= 0.3 is 0 Å². The van der Waals surface area contributed by atoms with Gasteiger partial charge in [-0.1, -0.05) is 30.1 Å². The monoisotopic (exact) mass is 809 g/mol. The van der Waals surface area contributed by atoms with Crippen molar-refractivity contribution in [1.29, 1.82) is 0 Å². The van der Waals surface area contributed by atoms with Gasteiger partial charge in [0.05, 0.1) is 40.4 Å². The average Bonchev–Trinajstić information content (AvgIpc) is 3.68. The largest absolute Gasteiger partial charge is 0.361 e. The smallest absolute Gasteiger partial charge is 0.289 e. The lowest BCUT2D eigenvalue weighted by molar-refractivity contribution is -0.132. The van der Waals surface area contributed by atoms with E-state index < -0.39 is 17.9 Å². The standard InChI is InChI=1S/C45H47N9O6/c1-5-53-36(22-32(51-53)26-14-15-26)48-41-39-31-19-23(2)30(37-24(3)52-60-25(37)4)21-33(31)47-40(39)49-42(50-41)43(57)46-18-9-7-6-8-11-27-12-10-13-29-38(27)45(59)54(44(29)58)34-17-16-28(55)20-35(34)56/h10,12-13,19,21-22,26,34H,5-9,11,14-18,20H2,1-4H3,(H,46,57)(H2,47,48,49,50). The van der Waals surface area contributed by atoms with Gasteiger partial charge in [-0.2, -0.15) is 5.10 Å². The third kappa shape index (κ3) is 7.05. The van der Waals surface area contributed by atoms with E-state index in [0.717, 1.165) is 105 Å². The molecule has 5 heterocycles. The summed E-state index contributed by atoms with van der Waals surface area (Å²) in [6.07, 6.45) is 6.11. The number of carbonyl (C=O) groups is 5. The van der Waals surface area contributed by atoms with E-state index in [9.17, 15) is 24.0 Å². The number of nitrogens with one attached hydrogen (secondary N) is 3. The second kappa shape index (κ2) is 15.6. The van der Waals surface area contributed by atoms with E-state index in [4.69, 9.17) is 19.6 Å². The van der Waals surface area contributed by atoms with Crippen molar-refractivity contribution in [3.8, 4) is 11.1 Å². The first-order valence-electron chi connectivity index (χ1n) is 20.9. The van der Waals surface area contributed by atoms with Crippen LogP contribution in [0.5, 0.6) is 0 Å². The molecular formula is C45H47N9O6. The number of unbranched alkanes of at least 4 members (excludes halogenated alkanes) is 3. The zero-order valence-electron chi connectivity index (χ0n) is 34.2.